The lowest BCUT2D eigenvalue weighted by Gasteiger charge is -2.07. The van der Waals surface area contributed by atoms with Crippen LogP contribution in [0.1, 0.15) is 18.4 Å². The van der Waals surface area contributed by atoms with Gasteiger partial charge in [-0.3, -0.25) is 4.72 Å². The molecule has 0 heterocycles. The van der Waals surface area contributed by atoms with Crippen LogP contribution < -0.4 is 10.5 Å². The molecule has 4 nitrogen and oxygen atoms in total. The summed E-state index contributed by atoms with van der Waals surface area (Å²) < 4.78 is 25.8. The van der Waals surface area contributed by atoms with E-state index in [0.717, 1.165) is 12.0 Å². The number of benzene rings is 1. The van der Waals surface area contributed by atoms with Crippen LogP contribution in [0.3, 0.4) is 0 Å². The number of nitrogens with one attached hydrogen (secondary N) is 1. The van der Waals surface area contributed by atoms with E-state index in [4.69, 9.17) is 5.73 Å². The van der Waals surface area contributed by atoms with Gasteiger partial charge >= 0.3 is 0 Å². The van der Waals surface area contributed by atoms with Crippen LogP contribution in [0, 0.1) is 6.92 Å². The first kappa shape index (κ1) is 13.0. The molecule has 0 bridgehead atoms. The molecule has 0 radical (unpaired) electrons. The molecule has 0 aliphatic rings. The Hall–Kier alpha value is -1.07. The Morgan fingerprint density at radius 1 is 1.19 bits per heavy atom. The summed E-state index contributed by atoms with van der Waals surface area (Å²) in [6.07, 6.45) is 1.33. The second-order valence-electron chi connectivity index (χ2n) is 3.78. The van der Waals surface area contributed by atoms with Crippen molar-refractivity contribution in [2.24, 2.45) is 5.73 Å². The minimum absolute atomic E-state index is 0.123. The van der Waals surface area contributed by atoms with Crippen LogP contribution in [0.25, 0.3) is 0 Å². The molecule has 0 saturated heterocycles. The van der Waals surface area contributed by atoms with Gasteiger partial charge in [-0.05, 0) is 38.4 Å². The maximum absolute atomic E-state index is 11.6. The smallest absolute Gasteiger partial charge is 0.232 e. The van der Waals surface area contributed by atoms with Gasteiger partial charge in [-0.25, -0.2) is 8.42 Å². The lowest BCUT2D eigenvalue weighted by atomic mass is 10.2. The maximum atomic E-state index is 11.6. The van der Waals surface area contributed by atoms with Crippen LogP contribution in [0.15, 0.2) is 24.3 Å². The molecule has 90 valence electrons. The molecule has 0 unspecified atom stereocenters. The predicted molar refractivity (Wildman–Crippen MR) is 66.9 cm³/mol. The van der Waals surface area contributed by atoms with E-state index in [9.17, 15) is 8.42 Å². The third-order valence-corrected chi connectivity index (χ3v) is 3.56. The fourth-order valence-corrected chi connectivity index (χ4v) is 2.47. The molecular formula is C11H18N2O2S. The minimum atomic E-state index is -3.23. The normalized spacial score (nSPS) is 11.4. The van der Waals surface area contributed by atoms with Crippen LogP contribution in [-0.2, 0) is 10.0 Å². The maximum Gasteiger partial charge on any atom is 0.232 e. The monoisotopic (exact) mass is 242 g/mol. The molecule has 0 amide bonds. The molecule has 0 aliphatic carbocycles. The molecular weight excluding hydrogens is 224 g/mol. The zero-order valence-electron chi connectivity index (χ0n) is 9.44. The summed E-state index contributed by atoms with van der Waals surface area (Å²) in [5, 5.41) is 0. The SMILES string of the molecule is Cc1ccc(NS(=O)(=O)CCCCN)cc1. The number of nitrogens with two attached hydrogens (primary N) is 1. The highest BCUT2D eigenvalue weighted by atomic mass is 32.2. The van der Waals surface area contributed by atoms with Gasteiger partial charge in [0, 0.05) is 5.69 Å². The molecule has 0 spiro atoms. The highest BCUT2D eigenvalue weighted by Crippen LogP contribution is 2.11. The molecule has 5 heteroatoms. The number of aryl methyl sites for hydroxylation is 1. The molecule has 0 atom stereocenters. The van der Waals surface area contributed by atoms with Gasteiger partial charge in [0.25, 0.3) is 0 Å². The van der Waals surface area contributed by atoms with E-state index in [0.29, 0.717) is 18.7 Å². The number of anilines is 1. The molecule has 1 rings (SSSR count). The first-order valence-electron chi connectivity index (χ1n) is 5.31. The fourth-order valence-electron chi connectivity index (χ4n) is 1.29. The van der Waals surface area contributed by atoms with Crippen molar-refractivity contribution in [2.45, 2.75) is 19.8 Å². The van der Waals surface area contributed by atoms with Gasteiger partial charge in [0.05, 0.1) is 5.75 Å². The van der Waals surface area contributed by atoms with Gasteiger partial charge in [-0.1, -0.05) is 17.7 Å². The van der Waals surface area contributed by atoms with E-state index >= 15 is 0 Å². The Bertz CT molecular complexity index is 412. The quantitative estimate of drug-likeness (QED) is 0.742. The average molecular weight is 242 g/mol. The largest absolute Gasteiger partial charge is 0.330 e. The van der Waals surface area contributed by atoms with Crippen molar-refractivity contribution in [3.63, 3.8) is 0 Å². The average Bonchev–Trinajstić information content (AvgIpc) is 2.21. The number of hydrogen-bond donors (Lipinski definition) is 2. The third kappa shape index (κ3) is 4.63. The van der Waals surface area contributed by atoms with Crippen LogP contribution in [0.2, 0.25) is 0 Å². The molecule has 16 heavy (non-hydrogen) atoms. The first-order chi connectivity index (χ1) is 7.53. The molecule has 0 fully saturated rings. The summed E-state index contributed by atoms with van der Waals surface area (Å²) in [6.45, 7) is 2.49. The molecule has 3 N–H and O–H groups in total. The van der Waals surface area contributed by atoms with E-state index in [1.165, 1.54) is 0 Å². The topological polar surface area (TPSA) is 72.2 Å². The van der Waals surface area contributed by atoms with Crippen molar-refractivity contribution in [1.29, 1.82) is 0 Å². The van der Waals surface area contributed by atoms with Crippen LogP contribution >= 0.6 is 0 Å². The summed E-state index contributed by atoms with van der Waals surface area (Å²) in [4.78, 5) is 0. The Morgan fingerprint density at radius 2 is 1.81 bits per heavy atom. The molecule has 0 aliphatic heterocycles. The van der Waals surface area contributed by atoms with Gasteiger partial charge in [0.15, 0.2) is 0 Å². The predicted octanol–water partition coefficient (Wildman–Crippen LogP) is 1.48. The van der Waals surface area contributed by atoms with Gasteiger partial charge in [0.1, 0.15) is 0 Å². The second-order valence-corrected chi connectivity index (χ2v) is 5.62. The molecule has 1 aromatic rings. The zero-order valence-corrected chi connectivity index (χ0v) is 10.3. The summed E-state index contributed by atoms with van der Waals surface area (Å²) in [6, 6.07) is 7.26. The van der Waals surface area contributed by atoms with Gasteiger partial charge in [-0.2, -0.15) is 0 Å². The number of sulfonamides is 1. The number of rotatable bonds is 6. The fraction of sp³-hybridized carbons (Fsp3) is 0.455. The van der Waals surface area contributed by atoms with Crippen molar-refractivity contribution in [1.82, 2.24) is 0 Å². The van der Waals surface area contributed by atoms with E-state index in [2.05, 4.69) is 4.72 Å². The first-order valence-corrected chi connectivity index (χ1v) is 6.96. The Labute approximate surface area is 96.9 Å². The lowest BCUT2D eigenvalue weighted by molar-refractivity contribution is 0.597. The second kappa shape index (κ2) is 5.86. The Morgan fingerprint density at radius 3 is 2.38 bits per heavy atom. The molecule has 1 aromatic carbocycles. The third-order valence-electron chi connectivity index (χ3n) is 2.19. The zero-order chi connectivity index (χ0) is 12.0. The van der Waals surface area contributed by atoms with Gasteiger partial charge in [0.2, 0.25) is 10.0 Å². The highest BCUT2D eigenvalue weighted by molar-refractivity contribution is 7.92. The van der Waals surface area contributed by atoms with E-state index in [1.807, 2.05) is 19.1 Å². The van der Waals surface area contributed by atoms with Crippen molar-refractivity contribution in [3.05, 3.63) is 29.8 Å². The summed E-state index contributed by atoms with van der Waals surface area (Å²) in [7, 11) is -3.23. The molecule has 0 aromatic heterocycles. The number of hydrogen-bond acceptors (Lipinski definition) is 3. The Balaban J connectivity index is 2.55. The van der Waals surface area contributed by atoms with E-state index in [1.54, 1.807) is 12.1 Å². The summed E-state index contributed by atoms with van der Waals surface area (Å²) in [5.41, 5.74) is 7.02. The van der Waals surface area contributed by atoms with Gasteiger partial charge < -0.3 is 5.73 Å². The van der Waals surface area contributed by atoms with E-state index < -0.39 is 10.0 Å². The van der Waals surface area contributed by atoms with E-state index in [-0.39, 0.29) is 5.75 Å². The molecule has 0 saturated carbocycles. The van der Waals surface area contributed by atoms with Crippen molar-refractivity contribution in [3.8, 4) is 0 Å². The lowest BCUT2D eigenvalue weighted by Crippen LogP contribution is -2.17. The standard InChI is InChI=1S/C11H18N2O2S/c1-10-4-6-11(7-5-10)13-16(14,15)9-3-2-8-12/h4-7,13H,2-3,8-9,12H2,1H3. The van der Waals surface area contributed by atoms with Crippen molar-refractivity contribution >= 4 is 15.7 Å². The highest BCUT2D eigenvalue weighted by Gasteiger charge is 2.09. The minimum Gasteiger partial charge on any atom is -0.330 e. The van der Waals surface area contributed by atoms with Crippen LogP contribution in [0.5, 0.6) is 0 Å². The van der Waals surface area contributed by atoms with Crippen molar-refractivity contribution in [2.75, 3.05) is 17.0 Å². The van der Waals surface area contributed by atoms with Crippen LogP contribution in [0.4, 0.5) is 5.69 Å². The van der Waals surface area contributed by atoms with Crippen LogP contribution in [-0.4, -0.2) is 20.7 Å². The number of unbranched alkanes of at least 4 members (excludes halogenated alkanes) is 1. The van der Waals surface area contributed by atoms with Gasteiger partial charge in [-0.15, -0.1) is 0 Å². The summed E-state index contributed by atoms with van der Waals surface area (Å²) in [5.74, 6) is 0.123. The van der Waals surface area contributed by atoms with Crippen molar-refractivity contribution < 1.29 is 8.42 Å². The summed E-state index contributed by atoms with van der Waals surface area (Å²) >= 11 is 0. The Kier molecular flexibility index (Phi) is 4.76.